The molecule has 4 nitrogen and oxygen atoms in total. The summed E-state index contributed by atoms with van der Waals surface area (Å²) in [6.07, 6.45) is 4.85. The molecular formula is C17H25ClN2O2. The standard InChI is InChI=1S/C17H24N2O2.ClH/c1-13-11-19(9-8-18-13)17(20)12-21-16-7-6-14-4-2-3-5-15(14)10-16;/h6-7,10,13,18H,2-5,8-9,11-12H2,1H3;1H/t13-;/m1./s1. The summed E-state index contributed by atoms with van der Waals surface area (Å²) in [6.45, 7) is 4.66. The van der Waals surface area contributed by atoms with Crippen LogP contribution in [0.4, 0.5) is 0 Å². The number of carbonyl (C=O) groups is 1. The molecule has 0 bridgehead atoms. The van der Waals surface area contributed by atoms with Crippen LogP contribution in [0.15, 0.2) is 18.2 Å². The van der Waals surface area contributed by atoms with Crippen LogP contribution in [0.3, 0.4) is 0 Å². The van der Waals surface area contributed by atoms with Crippen molar-refractivity contribution in [1.82, 2.24) is 10.2 Å². The Labute approximate surface area is 138 Å². The maximum Gasteiger partial charge on any atom is 0.260 e. The molecule has 1 aliphatic heterocycles. The molecule has 0 saturated carbocycles. The van der Waals surface area contributed by atoms with Gasteiger partial charge in [-0.15, -0.1) is 12.4 Å². The van der Waals surface area contributed by atoms with Crippen LogP contribution in [0.1, 0.15) is 30.9 Å². The van der Waals surface area contributed by atoms with Gasteiger partial charge in [0, 0.05) is 25.7 Å². The van der Waals surface area contributed by atoms with E-state index in [1.807, 2.05) is 11.0 Å². The number of ether oxygens (including phenoxy) is 1. The van der Waals surface area contributed by atoms with Crippen molar-refractivity contribution < 1.29 is 9.53 Å². The topological polar surface area (TPSA) is 41.6 Å². The second kappa shape index (κ2) is 7.84. The molecule has 2 aliphatic rings. The van der Waals surface area contributed by atoms with Crippen LogP contribution in [-0.2, 0) is 17.6 Å². The summed E-state index contributed by atoms with van der Waals surface area (Å²) < 4.78 is 5.71. The van der Waals surface area contributed by atoms with Gasteiger partial charge in [0.15, 0.2) is 6.61 Å². The number of fused-ring (bicyclic) bond motifs is 1. The van der Waals surface area contributed by atoms with Gasteiger partial charge in [-0.1, -0.05) is 6.07 Å². The number of carbonyl (C=O) groups excluding carboxylic acids is 1. The smallest absolute Gasteiger partial charge is 0.260 e. The molecule has 0 spiro atoms. The molecule has 3 rings (SSSR count). The molecule has 122 valence electrons. The zero-order valence-corrected chi connectivity index (χ0v) is 14.0. The highest BCUT2D eigenvalue weighted by molar-refractivity contribution is 5.85. The van der Waals surface area contributed by atoms with E-state index in [1.54, 1.807) is 0 Å². The van der Waals surface area contributed by atoms with E-state index in [9.17, 15) is 4.79 Å². The molecule has 1 amide bonds. The number of piperazine rings is 1. The van der Waals surface area contributed by atoms with Crippen LogP contribution in [-0.4, -0.2) is 43.1 Å². The summed E-state index contributed by atoms with van der Waals surface area (Å²) >= 11 is 0. The van der Waals surface area contributed by atoms with Crippen LogP contribution in [0, 0.1) is 0 Å². The van der Waals surface area contributed by atoms with E-state index >= 15 is 0 Å². The summed E-state index contributed by atoms with van der Waals surface area (Å²) in [5.41, 5.74) is 2.83. The average molecular weight is 325 g/mol. The molecule has 0 radical (unpaired) electrons. The molecule has 1 atom stereocenters. The number of amides is 1. The molecule has 1 aliphatic carbocycles. The first kappa shape index (κ1) is 17.1. The second-order valence-corrected chi connectivity index (χ2v) is 6.12. The monoisotopic (exact) mass is 324 g/mol. The number of nitrogens with one attached hydrogen (secondary N) is 1. The highest BCUT2D eigenvalue weighted by atomic mass is 35.5. The Morgan fingerprint density at radius 1 is 1.32 bits per heavy atom. The van der Waals surface area contributed by atoms with Crippen molar-refractivity contribution in [1.29, 1.82) is 0 Å². The largest absolute Gasteiger partial charge is 0.484 e. The summed E-state index contributed by atoms with van der Waals surface area (Å²) in [4.78, 5) is 14.1. The van der Waals surface area contributed by atoms with Crippen LogP contribution in [0.2, 0.25) is 0 Å². The number of benzene rings is 1. The molecule has 1 N–H and O–H groups in total. The zero-order valence-electron chi connectivity index (χ0n) is 13.1. The summed E-state index contributed by atoms with van der Waals surface area (Å²) in [5.74, 6) is 0.910. The SMILES string of the molecule is C[C@@H]1CN(C(=O)COc2ccc3c(c2)CCCC3)CCN1.Cl. The van der Waals surface area contributed by atoms with Crippen molar-refractivity contribution in [2.45, 2.75) is 38.6 Å². The zero-order chi connectivity index (χ0) is 14.7. The minimum absolute atomic E-state index is 0. The summed E-state index contributed by atoms with van der Waals surface area (Å²) in [5, 5.41) is 3.34. The van der Waals surface area contributed by atoms with E-state index in [4.69, 9.17) is 4.74 Å². The first-order valence-corrected chi connectivity index (χ1v) is 7.98. The molecule has 0 unspecified atom stereocenters. The highest BCUT2D eigenvalue weighted by Crippen LogP contribution is 2.25. The van der Waals surface area contributed by atoms with Crippen LogP contribution >= 0.6 is 12.4 Å². The lowest BCUT2D eigenvalue weighted by molar-refractivity contribution is -0.134. The minimum atomic E-state index is 0. The Hall–Kier alpha value is -1.26. The lowest BCUT2D eigenvalue weighted by Crippen LogP contribution is -2.52. The van der Waals surface area contributed by atoms with Crippen molar-refractivity contribution in [3.05, 3.63) is 29.3 Å². The van der Waals surface area contributed by atoms with E-state index in [2.05, 4.69) is 24.4 Å². The van der Waals surface area contributed by atoms with E-state index in [0.717, 1.165) is 31.8 Å². The minimum Gasteiger partial charge on any atom is -0.484 e. The van der Waals surface area contributed by atoms with Gasteiger partial charge < -0.3 is 15.0 Å². The number of halogens is 1. The van der Waals surface area contributed by atoms with Gasteiger partial charge in [-0.25, -0.2) is 0 Å². The Morgan fingerprint density at radius 3 is 2.86 bits per heavy atom. The third-order valence-electron chi connectivity index (χ3n) is 4.40. The number of aryl methyl sites for hydroxylation is 2. The van der Waals surface area contributed by atoms with Crippen LogP contribution in [0.25, 0.3) is 0 Å². The lowest BCUT2D eigenvalue weighted by Gasteiger charge is -2.31. The van der Waals surface area contributed by atoms with Crippen molar-refractivity contribution in [3.63, 3.8) is 0 Å². The highest BCUT2D eigenvalue weighted by Gasteiger charge is 2.20. The van der Waals surface area contributed by atoms with Crippen molar-refractivity contribution in [2.75, 3.05) is 26.2 Å². The van der Waals surface area contributed by atoms with Gasteiger partial charge in [0.25, 0.3) is 5.91 Å². The first-order valence-electron chi connectivity index (χ1n) is 7.98. The third kappa shape index (κ3) is 4.14. The molecule has 5 heteroatoms. The molecule has 1 heterocycles. The normalized spacial score (nSPS) is 20.8. The summed E-state index contributed by atoms with van der Waals surface area (Å²) in [7, 11) is 0. The van der Waals surface area contributed by atoms with Gasteiger partial charge in [-0.05, 0) is 55.9 Å². The van der Waals surface area contributed by atoms with Crippen molar-refractivity contribution in [2.24, 2.45) is 0 Å². The van der Waals surface area contributed by atoms with Crippen molar-refractivity contribution in [3.8, 4) is 5.75 Å². The van der Waals surface area contributed by atoms with Gasteiger partial charge in [0.2, 0.25) is 0 Å². The van der Waals surface area contributed by atoms with Gasteiger partial charge in [0.05, 0.1) is 0 Å². The Morgan fingerprint density at radius 2 is 2.09 bits per heavy atom. The number of nitrogens with zero attached hydrogens (tertiary/aromatic N) is 1. The third-order valence-corrected chi connectivity index (χ3v) is 4.40. The molecule has 1 fully saturated rings. The number of hydrogen-bond acceptors (Lipinski definition) is 3. The van der Waals surface area contributed by atoms with E-state index in [-0.39, 0.29) is 24.9 Å². The molecule has 22 heavy (non-hydrogen) atoms. The second-order valence-electron chi connectivity index (χ2n) is 6.12. The van der Waals surface area contributed by atoms with Gasteiger partial charge in [0.1, 0.15) is 5.75 Å². The van der Waals surface area contributed by atoms with Gasteiger partial charge in [-0.3, -0.25) is 4.79 Å². The first-order chi connectivity index (χ1) is 10.2. The fraction of sp³-hybridized carbons (Fsp3) is 0.588. The van der Waals surface area contributed by atoms with Crippen LogP contribution in [0.5, 0.6) is 5.75 Å². The van der Waals surface area contributed by atoms with Gasteiger partial charge in [-0.2, -0.15) is 0 Å². The number of rotatable bonds is 3. The summed E-state index contributed by atoms with van der Waals surface area (Å²) in [6, 6.07) is 6.63. The van der Waals surface area contributed by atoms with Crippen LogP contribution < -0.4 is 10.1 Å². The molecule has 1 aromatic rings. The Balaban J connectivity index is 0.00000176. The molecule has 1 aromatic carbocycles. The lowest BCUT2D eigenvalue weighted by atomic mass is 9.92. The molecule has 1 saturated heterocycles. The fourth-order valence-electron chi connectivity index (χ4n) is 3.19. The number of hydrogen-bond donors (Lipinski definition) is 1. The fourth-order valence-corrected chi connectivity index (χ4v) is 3.19. The predicted molar refractivity (Wildman–Crippen MR) is 89.9 cm³/mol. The maximum atomic E-state index is 12.2. The Kier molecular flexibility index (Phi) is 6.09. The van der Waals surface area contributed by atoms with E-state index in [0.29, 0.717) is 6.04 Å². The van der Waals surface area contributed by atoms with Gasteiger partial charge >= 0.3 is 0 Å². The average Bonchev–Trinajstić information content (AvgIpc) is 2.52. The Bertz CT molecular complexity index is 521. The maximum absolute atomic E-state index is 12.2. The van der Waals surface area contributed by atoms with Crippen molar-refractivity contribution >= 4 is 18.3 Å². The quantitative estimate of drug-likeness (QED) is 0.926. The van der Waals surface area contributed by atoms with E-state index in [1.165, 1.54) is 30.4 Å². The molecular weight excluding hydrogens is 300 g/mol. The predicted octanol–water partition coefficient (Wildman–Crippen LogP) is 2.19. The van der Waals surface area contributed by atoms with E-state index < -0.39 is 0 Å². The molecule has 0 aromatic heterocycles.